The summed E-state index contributed by atoms with van der Waals surface area (Å²) in [5.74, 6) is 1.52. The first-order valence-electron chi connectivity index (χ1n) is 10.2. The maximum atomic E-state index is 5.51. The highest BCUT2D eigenvalue weighted by Crippen LogP contribution is 2.13. The molecule has 0 aromatic rings. The van der Waals surface area contributed by atoms with Crippen molar-refractivity contribution in [3.63, 3.8) is 0 Å². The zero-order valence-electron chi connectivity index (χ0n) is 17.9. The van der Waals surface area contributed by atoms with Crippen molar-refractivity contribution < 1.29 is 4.74 Å². The summed E-state index contributed by atoms with van der Waals surface area (Å²) in [4.78, 5) is 12.3. The molecule has 2 atom stereocenters. The highest BCUT2D eigenvalue weighted by molar-refractivity contribution is 14.0. The van der Waals surface area contributed by atoms with E-state index in [1.165, 1.54) is 0 Å². The first kappa shape index (κ1) is 24.9. The van der Waals surface area contributed by atoms with Gasteiger partial charge in [-0.3, -0.25) is 14.8 Å². The number of morpholine rings is 1. The lowest BCUT2D eigenvalue weighted by Gasteiger charge is -2.38. The van der Waals surface area contributed by atoms with Crippen LogP contribution in [0.4, 0.5) is 0 Å². The quantitative estimate of drug-likeness (QED) is 0.309. The molecule has 160 valence electrons. The monoisotopic (exact) mass is 496 g/mol. The second kappa shape index (κ2) is 13.1. The molecule has 0 radical (unpaired) electrons. The van der Waals surface area contributed by atoms with Crippen molar-refractivity contribution in [3.05, 3.63) is 0 Å². The molecule has 0 spiro atoms. The van der Waals surface area contributed by atoms with Gasteiger partial charge in [-0.05, 0) is 26.9 Å². The number of nitrogens with zero attached hydrogens (tertiary/aromatic N) is 4. The van der Waals surface area contributed by atoms with E-state index in [0.29, 0.717) is 18.0 Å². The van der Waals surface area contributed by atoms with Gasteiger partial charge in [0.25, 0.3) is 0 Å². The number of rotatable bonds is 7. The van der Waals surface area contributed by atoms with Crippen LogP contribution in [-0.4, -0.2) is 112 Å². The Balaban J connectivity index is 0.00000364. The van der Waals surface area contributed by atoms with E-state index < -0.39 is 0 Å². The van der Waals surface area contributed by atoms with Crippen LogP contribution in [0.25, 0.3) is 0 Å². The van der Waals surface area contributed by atoms with E-state index in [-0.39, 0.29) is 24.0 Å². The summed E-state index contributed by atoms with van der Waals surface area (Å²) in [6.07, 6.45) is 0. The van der Waals surface area contributed by atoms with Gasteiger partial charge < -0.3 is 20.3 Å². The van der Waals surface area contributed by atoms with Crippen LogP contribution in [0, 0.1) is 5.92 Å². The average molecular weight is 496 g/mol. The number of ether oxygens (including phenoxy) is 1. The SMILES string of the molecule is CCNC(=NCC(C(C)C)N1CCOCC1)NCC1CN(C)CCN1C.I. The Bertz CT molecular complexity index is 430. The summed E-state index contributed by atoms with van der Waals surface area (Å²) < 4.78 is 5.51. The molecule has 0 saturated carbocycles. The minimum Gasteiger partial charge on any atom is -0.379 e. The van der Waals surface area contributed by atoms with E-state index >= 15 is 0 Å². The van der Waals surface area contributed by atoms with Crippen molar-refractivity contribution in [1.82, 2.24) is 25.3 Å². The van der Waals surface area contributed by atoms with Gasteiger partial charge >= 0.3 is 0 Å². The molecule has 2 heterocycles. The summed E-state index contributed by atoms with van der Waals surface area (Å²) >= 11 is 0. The third-order valence-corrected chi connectivity index (χ3v) is 5.55. The molecule has 2 saturated heterocycles. The van der Waals surface area contributed by atoms with Gasteiger partial charge in [-0.1, -0.05) is 13.8 Å². The highest BCUT2D eigenvalue weighted by Gasteiger charge is 2.24. The molecule has 2 N–H and O–H groups in total. The van der Waals surface area contributed by atoms with Crippen molar-refractivity contribution >= 4 is 29.9 Å². The average Bonchev–Trinajstić information content (AvgIpc) is 2.63. The van der Waals surface area contributed by atoms with Crippen LogP contribution in [0.2, 0.25) is 0 Å². The minimum absolute atomic E-state index is 0. The summed E-state index contributed by atoms with van der Waals surface area (Å²) in [7, 11) is 4.42. The fourth-order valence-electron chi connectivity index (χ4n) is 3.72. The van der Waals surface area contributed by atoms with E-state index in [0.717, 1.165) is 71.5 Å². The molecule has 8 heteroatoms. The Morgan fingerprint density at radius 1 is 1.11 bits per heavy atom. The Kier molecular flexibility index (Phi) is 12.1. The van der Waals surface area contributed by atoms with Crippen molar-refractivity contribution in [2.75, 3.05) is 79.7 Å². The first-order valence-corrected chi connectivity index (χ1v) is 10.2. The maximum Gasteiger partial charge on any atom is 0.191 e. The number of nitrogens with one attached hydrogen (secondary N) is 2. The number of piperazine rings is 1. The Labute approximate surface area is 183 Å². The van der Waals surface area contributed by atoms with Gasteiger partial charge in [0.15, 0.2) is 5.96 Å². The van der Waals surface area contributed by atoms with Gasteiger partial charge in [0.05, 0.1) is 19.8 Å². The van der Waals surface area contributed by atoms with E-state index in [9.17, 15) is 0 Å². The van der Waals surface area contributed by atoms with Gasteiger partial charge in [-0.25, -0.2) is 0 Å². The van der Waals surface area contributed by atoms with Crippen LogP contribution in [0.15, 0.2) is 4.99 Å². The molecule has 0 amide bonds. The van der Waals surface area contributed by atoms with E-state index in [4.69, 9.17) is 9.73 Å². The van der Waals surface area contributed by atoms with Crippen molar-refractivity contribution in [2.24, 2.45) is 10.9 Å². The lowest BCUT2D eigenvalue weighted by atomic mass is 10.0. The topological polar surface area (TPSA) is 55.4 Å². The second-order valence-electron chi connectivity index (χ2n) is 7.96. The molecule has 0 aromatic heterocycles. The predicted molar refractivity (Wildman–Crippen MR) is 124 cm³/mol. The van der Waals surface area contributed by atoms with Crippen LogP contribution in [0.1, 0.15) is 20.8 Å². The van der Waals surface area contributed by atoms with Gasteiger partial charge in [0.2, 0.25) is 0 Å². The number of halogens is 1. The summed E-state index contributed by atoms with van der Waals surface area (Å²) in [5, 5.41) is 6.97. The zero-order chi connectivity index (χ0) is 18.9. The molecule has 2 aliphatic rings. The lowest BCUT2D eigenvalue weighted by molar-refractivity contribution is 0.00867. The molecular formula is C19H41IN6O. The third-order valence-electron chi connectivity index (χ3n) is 5.55. The highest BCUT2D eigenvalue weighted by atomic mass is 127. The molecule has 27 heavy (non-hydrogen) atoms. The summed E-state index contributed by atoms with van der Waals surface area (Å²) in [5.41, 5.74) is 0. The molecule has 0 bridgehead atoms. The van der Waals surface area contributed by atoms with Crippen molar-refractivity contribution in [2.45, 2.75) is 32.9 Å². The minimum atomic E-state index is 0. The van der Waals surface area contributed by atoms with Gasteiger partial charge in [0.1, 0.15) is 0 Å². The molecule has 0 aliphatic carbocycles. The summed E-state index contributed by atoms with van der Waals surface area (Å²) in [6, 6.07) is 0.996. The van der Waals surface area contributed by atoms with Crippen LogP contribution in [0.5, 0.6) is 0 Å². The Morgan fingerprint density at radius 2 is 1.81 bits per heavy atom. The van der Waals surface area contributed by atoms with E-state index in [1.807, 2.05) is 0 Å². The number of guanidine groups is 1. The number of hydrogen-bond acceptors (Lipinski definition) is 5. The molecular weight excluding hydrogens is 455 g/mol. The second-order valence-corrected chi connectivity index (χ2v) is 7.96. The van der Waals surface area contributed by atoms with Gasteiger partial charge in [-0.15, -0.1) is 24.0 Å². The van der Waals surface area contributed by atoms with E-state index in [2.05, 4.69) is 60.2 Å². The lowest BCUT2D eigenvalue weighted by Crippen LogP contribution is -2.55. The van der Waals surface area contributed by atoms with Gasteiger partial charge in [-0.2, -0.15) is 0 Å². The Hall–Kier alpha value is -0.160. The fraction of sp³-hybridized carbons (Fsp3) is 0.947. The predicted octanol–water partition coefficient (Wildman–Crippen LogP) is 0.762. The normalized spacial score (nSPS) is 24.5. The number of hydrogen-bond donors (Lipinski definition) is 2. The van der Waals surface area contributed by atoms with E-state index in [1.54, 1.807) is 0 Å². The summed E-state index contributed by atoms with van der Waals surface area (Å²) in [6.45, 7) is 16.4. The van der Waals surface area contributed by atoms with Crippen LogP contribution >= 0.6 is 24.0 Å². The smallest absolute Gasteiger partial charge is 0.191 e. The van der Waals surface area contributed by atoms with Crippen LogP contribution < -0.4 is 10.6 Å². The largest absolute Gasteiger partial charge is 0.379 e. The first-order chi connectivity index (χ1) is 12.5. The maximum absolute atomic E-state index is 5.51. The van der Waals surface area contributed by atoms with Crippen LogP contribution in [-0.2, 0) is 4.74 Å². The molecule has 2 fully saturated rings. The molecule has 0 aromatic carbocycles. The molecule has 2 aliphatic heterocycles. The number of likely N-dealkylation sites (N-methyl/N-ethyl adjacent to an activating group) is 2. The van der Waals surface area contributed by atoms with Gasteiger partial charge in [0, 0.05) is 57.9 Å². The standard InChI is InChI=1S/C19H40N6O.HI/c1-6-20-19(21-13-17-15-23(4)7-8-24(17)5)22-14-18(16(2)3)25-9-11-26-12-10-25;/h16-18H,6-15H2,1-5H3,(H2,20,21,22);1H. The van der Waals surface area contributed by atoms with Crippen molar-refractivity contribution in [1.29, 1.82) is 0 Å². The molecule has 2 rings (SSSR count). The van der Waals surface area contributed by atoms with Crippen molar-refractivity contribution in [3.8, 4) is 0 Å². The molecule has 2 unspecified atom stereocenters. The fourth-order valence-corrected chi connectivity index (χ4v) is 3.72. The number of aliphatic imine (C=N–C) groups is 1. The Morgan fingerprint density at radius 3 is 2.44 bits per heavy atom. The molecule has 7 nitrogen and oxygen atoms in total. The third kappa shape index (κ3) is 8.39. The zero-order valence-corrected chi connectivity index (χ0v) is 20.2. The van der Waals surface area contributed by atoms with Crippen LogP contribution in [0.3, 0.4) is 0 Å².